The van der Waals surface area contributed by atoms with Crippen molar-refractivity contribution in [1.29, 1.82) is 0 Å². The van der Waals surface area contributed by atoms with Gasteiger partial charge in [-0.1, -0.05) is 6.07 Å². The first-order chi connectivity index (χ1) is 8.37. The van der Waals surface area contributed by atoms with Gasteiger partial charge in [0.25, 0.3) is 0 Å². The van der Waals surface area contributed by atoms with Crippen molar-refractivity contribution < 1.29 is 23.1 Å². The summed E-state index contributed by atoms with van der Waals surface area (Å²) < 4.78 is 30.0. The summed E-state index contributed by atoms with van der Waals surface area (Å²) in [5.41, 5.74) is -0.141. The van der Waals surface area contributed by atoms with Crippen LogP contribution in [0, 0.1) is 0 Å². The molecule has 1 aromatic rings. The number of nitrogens with one attached hydrogen (secondary N) is 1. The molecule has 18 heavy (non-hydrogen) atoms. The van der Waals surface area contributed by atoms with E-state index in [2.05, 4.69) is 4.72 Å². The fourth-order valence-corrected chi connectivity index (χ4v) is 2.07. The molecule has 0 spiro atoms. The molecule has 1 aromatic carbocycles. The van der Waals surface area contributed by atoms with Crippen LogP contribution in [0.3, 0.4) is 0 Å². The van der Waals surface area contributed by atoms with Crippen molar-refractivity contribution in [2.24, 2.45) is 0 Å². The normalized spacial score (nSPS) is 15.2. The van der Waals surface area contributed by atoms with Gasteiger partial charge in [-0.25, -0.2) is 13.2 Å². The van der Waals surface area contributed by atoms with E-state index in [1.165, 1.54) is 12.1 Å². The molecule has 0 bridgehead atoms. The molecule has 6 nitrogen and oxygen atoms in total. The molecule has 1 fully saturated rings. The fraction of sp³-hybridized carbons (Fsp3) is 0.364. The highest BCUT2D eigenvalue weighted by Gasteiger charge is 2.27. The molecular weight excluding hydrogens is 258 g/mol. The lowest BCUT2D eigenvalue weighted by molar-refractivity contribution is 0.0693. The van der Waals surface area contributed by atoms with Gasteiger partial charge in [-0.2, -0.15) is 0 Å². The van der Waals surface area contributed by atoms with Gasteiger partial charge >= 0.3 is 5.97 Å². The Balaban J connectivity index is 2.41. The molecule has 0 amide bonds. The van der Waals surface area contributed by atoms with Crippen LogP contribution in [0.15, 0.2) is 18.2 Å². The summed E-state index contributed by atoms with van der Waals surface area (Å²) in [4.78, 5) is 11.2. The summed E-state index contributed by atoms with van der Waals surface area (Å²) in [6.45, 7) is 0. The molecule has 1 aliphatic carbocycles. The Morgan fingerprint density at radius 3 is 2.61 bits per heavy atom. The maximum atomic E-state index is 11.2. The zero-order chi connectivity index (χ0) is 13.3. The quantitative estimate of drug-likeness (QED) is 0.842. The highest BCUT2D eigenvalue weighted by molar-refractivity contribution is 7.92. The first kappa shape index (κ1) is 12.7. The second kappa shape index (κ2) is 4.49. The molecular formula is C11H13NO5S. The van der Waals surface area contributed by atoms with Crippen molar-refractivity contribution in [2.75, 3.05) is 11.0 Å². The van der Waals surface area contributed by atoms with E-state index in [0.29, 0.717) is 0 Å². The SMILES string of the molecule is CS(=O)(=O)Nc1cccc(OC2CC2)c1C(=O)O. The fourth-order valence-electron chi connectivity index (χ4n) is 1.50. The van der Waals surface area contributed by atoms with Crippen molar-refractivity contribution in [3.05, 3.63) is 23.8 Å². The molecule has 1 aliphatic rings. The minimum atomic E-state index is -3.53. The molecule has 0 atom stereocenters. The lowest BCUT2D eigenvalue weighted by Crippen LogP contribution is -2.14. The predicted octanol–water partition coefficient (Wildman–Crippen LogP) is 1.30. The van der Waals surface area contributed by atoms with Gasteiger partial charge in [0.2, 0.25) is 10.0 Å². The largest absolute Gasteiger partial charge is 0.489 e. The molecule has 1 saturated carbocycles. The third-order valence-corrected chi connectivity index (χ3v) is 2.94. The van der Waals surface area contributed by atoms with E-state index in [1.54, 1.807) is 6.07 Å². The topological polar surface area (TPSA) is 92.7 Å². The molecule has 0 radical (unpaired) electrons. The van der Waals surface area contributed by atoms with Crippen LogP contribution in [-0.4, -0.2) is 31.9 Å². The molecule has 0 heterocycles. The summed E-state index contributed by atoms with van der Waals surface area (Å²) in [5, 5.41) is 9.16. The maximum absolute atomic E-state index is 11.2. The average Bonchev–Trinajstić information content (AvgIpc) is 2.98. The number of carboxylic acid groups (broad SMARTS) is 1. The maximum Gasteiger partial charge on any atom is 0.341 e. The number of rotatable bonds is 5. The van der Waals surface area contributed by atoms with Gasteiger partial charge in [-0.15, -0.1) is 0 Å². The Hall–Kier alpha value is -1.76. The number of hydrogen-bond donors (Lipinski definition) is 2. The van der Waals surface area contributed by atoms with Gasteiger partial charge in [0.1, 0.15) is 11.3 Å². The van der Waals surface area contributed by atoms with Gasteiger partial charge in [-0.3, -0.25) is 4.72 Å². The van der Waals surface area contributed by atoms with E-state index >= 15 is 0 Å². The molecule has 7 heteroatoms. The standard InChI is InChI=1S/C11H13NO5S/c1-18(15,16)12-8-3-2-4-9(10(8)11(13)14)17-7-5-6-7/h2-4,7,12H,5-6H2,1H3,(H,13,14). The highest BCUT2D eigenvalue weighted by Crippen LogP contribution is 2.32. The molecule has 0 saturated heterocycles. The predicted molar refractivity (Wildman–Crippen MR) is 65.5 cm³/mol. The zero-order valence-electron chi connectivity index (χ0n) is 9.71. The molecule has 0 aromatic heterocycles. The van der Waals surface area contributed by atoms with Crippen molar-refractivity contribution in [1.82, 2.24) is 0 Å². The van der Waals surface area contributed by atoms with E-state index in [1.807, 2.05) is 0 Å². The number of carboxylic acids is 1. The monoisotopic (exact) mass is 271 g/mol. The molecule has 98 valence electrons. The minimum absolute atomic E-state index is 0.0168. The van der Waals surface area contributed by atoms with E-state index in [-0.39, 0.29) is 23.1 Å². The van der Waals surface area contributed by atoms with Crippen molar-refractivity contribution >= 4 is 21.7 Å². The zero-order valence-corrected chi connectivity index (χ0v) is 10.5. The summed E-state index contributed by atoms with van der Waals surface area (Å²) in [6, 6.07) is 4.47. The lowest BCUT2D eigenvalue weighted by Gasteiger charge is -2.12. The molecule has 0 aliphatic heterocycles. The molecule has 0 unspecified atom stereocenters. The van der Waals surface area contributed by atoms with Crippen LogP contribution in [0.1, 0.15) is 23.2 Å². The van der Waals surface area contributed by atoms with Crippen molar-refractivity contribution in [3.8, 4) is 5.75 Å². The Morgan fingerprint density at radius 1 is 1.44 bits per heavy atom. The van der Waals surface area contributed by atoms with Gasteiger partial charge in [-0.05, 0) is 25.0 Å². The summed E-state index contributed by atoms with van der Waals surface area (Å²) in [6.07, 6.45) is 2.79. The molecule has 2 N–H and O–H groups in total. The van der Waals surface area contributed by atoms with Crippen LogP contribution < -0.4 is 9.46 Å². The van der Waals surface area contributed by atoms with Gasteiger partial charge in [0, 0.05) is 0 Å². The number of anilines is 1. The van der Waals surface area contributed by atoms with Crippen LogP contribution in [0.2, 0.25) is 0 Å². The van der Waals surface area contributed by atoms with Gasteiger partial charge < -0.3 is 9.84 Å². The number of sulfonamides is 1. The third kappa shape index (κ3) is 3.13. The van der Waals surface area contributed by atoms with E-state index in [0.717, 1.165) is 19.1 Å². The number of aromatic carboxylic acids is 1. The van der Waals surface area contributed by atoms with Gasteiger partial charge in [0.15, 0.2) is 0 Å². The summed E-state index contributed by atoms with van der Waals surface area (Å²) in [7, 11) is -3.53. The number of benzene rings is 1. The van der Waals surface area contributed by atoms with Crippen LogP contribution in [0.5, 0.6) is 5.75 Å². The first-order valence-electron chi connectivity index (χ1n) is 5.37. The molecule has 2 rings (SSSR count). The second-order valence-corrected chi connectivity index (χ2v) is 5.92. The average molecular weight is 271 g/mol. The Kier molecular flexibility index (Phi) is 3.16. The summed E-state index contributed by atoms with van der Waals surface area (Å²) >= 11 is 0. The number of ether oxygens (including phenoxy) is 1. The van der Waals surface area contributed by atoms with Crippen LogP contribution >= 0.6 is 0 Å². The van der Waals surface area contributed by atoms with E-state index < -0.39 is 16.0 Å². The Labute approximate surface area is 105 Å². The van der Waals surface area contributed by atoms with Crippen molar-refractivity contribution in [2.45, 2.75) is 18.9 Å². The number of carbonyl (C=O) groups is 1. The third-order valence-electron chi connectivity index (χ3n) is 2.35. The Morgan fingerprint density at radius 2 is 2.11 bits per heavy atom. The first-order valence-corrected chi connectivity index (χ1v) is 7.27. The highest BCUT2D eigenvalue weighted by atomic mass is 32.2. The van der Waals surface area contributed by atoms with Crippen LogP contribution in [0.25, 0.3) is 0 Å². The van der Waals surface area contributed by atoms with E-state index in [9.17, 15) is 13.2 Å². The van der Waals surface area contributed by atoms with Crippen LogP contribution in [-0.2, 0) is 10.0 Å². The minimum Gasteiger partial charge on any atom is -0.489 e. The summed E-state index contributed by atoms with van der Waals surface area (Å²) in [5.74, 6) is -1.03. The van der Waals surface area contributed by atoms with Gasteiger partial charge in [0.05, 0.1) is 18.0 Å². The number of hydrogen-bond acceptors (Lipinski definition) is 4. The smallest absolute Gasteiger partial charge is 0.341 e. The van der Waals surface area contributed by atoms with E-state index in [4.69, 9.17) is 9.84 Å². The lowest BCUT2D eigenvalue weighted by atomic mass is 10.1. The Bertz CT molecular complexity index is 577. The van der Waals surface area contributed by atoms with Crippen molar-refractivity contribution in [3.63, 3.8) is 0 Å². The van der Waals surface area contributed by atoms with Crippen LogP contribution in [0.4, 0.5) is 5.69 Å². The second-order valence-electron chi connectivity index (χ2n) is 4.18.